The SMILES string of the molecule is COc1ccc(OC)c([C@H]2CCCN2Cc2c(O)c(C(=O)N3CCOCC3)cc3ccccc23)c1. The zero-order chi connectivity index (χ0) is 24.4. The van der Waals surface area contributed by atoms with Crippen LogP contribution in [0.15, 0.2) is 48.5 Å². The molecule has 7 nitrogen and oxygen atoms in total. The number of rotatable bonds is 6. The van der Waals surface area contributed by atoms with E-state index in [1.165, 1.54) is 0 Å². The number of hydrogen-bond acceptors (Lipinski definition) is 6. The number of phenols is 1. The lowest BCUT2D eigenvalue weighted by Crippen LogP contribution is -2.40. The van der Waals surface area contributed by atoms with Gasteiger partial charge in [-0.2, -0.15) is 0 Å². The zero-order valence-corrected chi connectivity index (χ0v) is 20.3. The molecule has 2 saturated heterocycles. The van der Waals surface area contributed by atoms with Crippen LogP contribution >= 0.6 is 0 Å². The first-order valence-electron chi connectivity index (χ1n) is 12.2. The molecule has 3 aromatic carbocycles. The molecule has 3 aromatic rings. The van der Waals surface area contributed by atoms with Gasteiger partial charge in [0, 0.05) is 36.8 Å². The number of ether oxygens (including phenoxy) is 3. The molecule has 0 unspecified atom stereocenters. The standard InChI is InChI=1S/C28H32N2O5/c1-33-20-9-10-26(34-2)22(17-20)25-8-5-11-30(25)18-24-21-7-4-3-6-19(21)16-23(27(24)31)28(32)29-12-14-35-15-13-29/h3-4,6-7,9-10,16-17,25,31H,5,8,11-15,18H2,1-2H3/t25-/m1/s1. The number of hydrogen-bond donors (Lipinski definition) is 1. The van der Waals surface area contributed by atoms with Crippen LogP contribution in [0.25, 0.3) is 10.8 Å². The Hall–Kier alpha value is -3.29. The van der Waals surface area contributed by atoms with Gasteiger partial charge in [0.1, 0.15) is 17.2 Å². The van der Waals surface area contributed by atoms with Crippen LogP contribution in [0.5, 0.6) is 17.2 Å². The number of amides is 1. The van der Waals surface area contributed by atoms with Crippen LogP contribution in [0.2, 0.25) is 0 Å². The van der Waals surface area contributed by atoms with Crippen molar-refractivity contribution in [2.45, 2.75) is 25.4 Å². The zero-order valence-electron chi connectivity index (χ0n) is 20.3. The Morgan fingerprint density at radius 1 is 1.06 bits per heavy atom. The highest BCUT2D eigenvalue weighted by molar-refractivity contribution is 6.03. The van der Waals surface area contributed by atoms with E-state index in [4.69, 9.17) is 14.2 Å². The number of phenolic OH excluding ortho intramolecular Hbond substituents is 1. The summed E-state index contributed by atoms with van der Waals surface area (Å²) in [5.41, 5.74) is 2.22. The van der Waals surface area contributed by atoms with Gasteiger partial charge in [-0.25, -0.2) is 0 Å². The summed E-state index contributed by atoms with van der Waals surface area (Å²) in [6.45, 7) is 3.52. The monoisotopic (exact) mass is 476 g/mol. The number of fused-ring (bicyclic) bond motifs is 1. The molecular weight excluding hydrogens is 444 g/mol. The maximum absolute atomic E-state index is 13.4. The van der Waals surface area contributed by atoms with E-state index in [0.29, 0.717) is 38.4 Å². The predicted octanol–water partition coefficient (Wildman–Crippen LogP) is 4.37. The fourth-order valence-electron chi connectivity index (χ4n) is 5.34. The molecule has 2 heterocycles. The summed E-state index contributed by atoms with van der Waals surface area (Å²) in [6.07, 6.45) is 2.02. The van der Waals surface area contributed by atoms with Gasteiger partial charge in [-0.15, -0.1) is 0 Å². The normalized spacial score (nSPS) is 18.7. The molecule has 0 aromatic heterocycles. The number of benzene rings is 3. The van der Waals surface area contributed by atoms with Gasteiger partial charge >= 0.3 is 0 Å². The van der Waals surface area contributed by atoms with Crippen LogP contribution in [0, 0.1) is 0 Å². The third-order valence-electron chi connectivity index (χ3n) is 7.18. The van der Waals surface area contributed by atoms with Crippen molar-refractivity contribution >= 4 is 16.7 Å². The fourth-order valence-corrected chi connectivity index (χ4v) is 5.34. The molecule has 2 fully saturated rings. The Morgan fingerprint density at radius 2 is 1.86 bits per heavy atom. The summed E-state index contributed by atoms with van der Waals surface area (Å²) in [5, 5.41) is 13.4. The van der Waals surface area contributed by atoms with Gasteiger partial charge in [0.05, 0.1) is 33.0 Å². The second-order valence-electron chi connectivity index (χ2n) is 9.11. The summed E-state index contributed by atoms with van der Waals surface area (Å²) >= 11 is 0. The van der Waals surface area contributed by atoms with Crippen molar-refractivity contribution < 1.29 is 24.1 Å². The Morgan fingerprint density at radius 3 is 2.63 bits per heavy atom. The minimum Gasteiger partial charge on any atom is -0.507 e. The van der Waals surface area contributed by atoms with Crippen LogP contribution in [0.3, 0.4) is 0 Å². The number of aromatic hydroxyl groups is 1. The average molecular weight is 477 g/mol. The lowest BCUT2D eigenvalue weighted by atomic mass is 9.97. The van der Waals surface area contributed by atoms with E-state index in [1.807, 2.05) is 48.5 Å². The van der Waals surface area contributed by atoms with E-state index in [0.717, 1.165) is 52.8 Å². The van der Waals surface area contributed by atoms with Crippen LogP contribution in [-0.2, 0) is 11.3 Å². The van der Waals surface area contributed by atoms with Crippen LogP contribution in [-0.4, -0.2) is 67.9 Å². The number of likely N-dealkylation sites (tertiary alicyclic amines) is 1. The van der Waals surface area contributed by atoms with E-state index in [-0.39, 0.29) is 17.7 Å². The number of carbonyl (C=O) groups is 1. The van der Waals surface area contributed by atoms with Crippen molar-refractivity contribution in [3.8, 4) is 17.2 Å². The molecule has 2 aliphatic rings. The first-order chi connectivity index (χ1) is 17.1. The third kappa shape index (κ3) is 4.54. The van der Waals surface area contributed by atoms with Gasteiger partial charge in [0.2, 0.25) is 0 Å². The highest BCUT2D eigenvalue weighted by Crippen LogP contribution is 2.42. The van der Waals surface area contributed by atoms with Crippen molar-refractivity contribution in [1.29, 1.82) is 0 Å². The van der Waals surface area contributed by atoms with Gasteiger partial charge in [-0.3, -0.25) is 9.69 Å². The van der Waals surface area contributed by atoms with Gasteiger partial charge < -0.3 is 24.2 Å². The van der Waals surface area contributed by atoms with Crippen molar-refractivity contribution in [1.82, 2.24) is 9.80 Å². The van der Waals surface area contributed by atoms with E-state index in [9.17, 15) is 9.90 Å². The summed E-state index contributed by atoms with van der Waals surface area (Å²) < 4.78 is 16.6. The molecule has 0 aliphatic carbocycles. The molecule has 5 rings (SSSR count). The Balaban J connectivity index is 1.53. The molecule has 35 heavy (non-hydrogen) atoms. The molecule has 184 valence electrons. The van der Waals surface area contributed by atoms with Crippen molar-refractivity contribution in [3.63, 3.8) is 0 Å². The largest absolute Gasteiger partial charge is 0.507 e. The minimum absolute atomic E-state index is 0.0726. The number of carbonyl (C=O) groups excluding carboxylic acids is 1. The summed E-state index contributed by atoms with van der Waals surface area (Å²) in [6, 6.07) is 15.8. The summed E-state index contributed by atoms with van der Waals surface area (Å²) in [7, 11) is 3.35. The molecule has 0 spiro atoms. The molecule has 2 aliphatic heterocycles. The average Bonchev–Trinajstić information content (AvgIpc) is 3.38. The Labute approximate surface area is 205 Å². The van der Waals surface area contributed by atoms with Gasteiger partial charge in [-0.1, -0.05) is 24.3 Å². The summed E-state index contributed by atoms with van der Waals surface area (Å²) in [4.78, 5) is 17.5. The van der Waals surface area contributed by atoms with Crippen molar-refractivity contribution in [3.05, 3.63) is 65.2 Å². The fraction of sp³-hybridized carbons (Fsp3) is 0.393. The molecule has 1 amide bonds. The lowest BCUT2D eigenvalue weighted by Gasteiger charge is -2.29. The smallest absolute Gasteiger partial charge is 0.257 e. The number of nitrogens with zero attached hydrogens (tertiary/aromatic N) is 2. The van der Waals surface area contributed by atoms with Crippen molar-refractivity contribution in [2.75, 3.05) is 47.1 Å². The molecule has 0 bridgehead atoms. The van der Waals surface area contributed by atoms with Gasteiger partial charge in [0.25, 0.3) is 5.91 Å². The van der Waals surface area contributed by atoms with E-state index < -0.39 is 0 Å². The topological polar surface area (TPSA) is 71.5 Å². The Kier molecular flexibility index (Phi) is 6.79. The number of methoxy groups -OCH3 is 2. The second kappa shape index (κ2) is 10.1. The van der Waals surface area contributed by atoms with Gasteiger partial charge in [0.15, 0.2) is 0 Å². The van der Waals surface area contributed by atoms with Crippen LogP contribution in [0.1, 0.15) is 40.4 Å². The highest BCUT2D eigenvalue weighted by atomic mass is 16.5. The maximum atomic E-state index is 13.4. The van der Waals surface area contributed by atoms with E-state index in [2.05, 4.69) is 4.90 Å². The molecule has 1 atom stereocenters. The van der Waals surface area contributed by atoms with E-state index in [1.54, 1.807) is 19.1 Å². The molecule has 0 radical (unpaired) electrons. The quantitative estimate of drug-likeness (QED) is 0.570. The minimum atomic E-state index is -0.148. The highest BCUT2D eigenvalue weighted by Gasteiger charge is 2.31. The summed E-state index contributed by atoms with van der Waals surface area (Å²) in [5.74, 6) is 1.54. The molecule has 1 N–H and O–H groups in total. The molecule has 0 saturated carbocycles. The van der Waals surface area contributed by atoms with E-state index >= 15 is 0 Å². The lowest BCUT2D eigenvalue weighted by molar-refractivity contribution is 0.0301. The van der Waals surface area contributed by atoms with Crippen LogP contribution in [0.4, 0.5) is 0 Å². The van der Waals surface area contributed by atoms with Gasteiger partial charge in [-0.05, 0) is 54.4 Å². The maximum Gasteiger partial charge on any atom is 0.257 e. The third-order valence-corrected chi connectivity index (χ3v) is 7.18. The predicted molar refractivity (Wildman–Crippen MR) is 134 cm³/mol. The molecular formula is C28H32N2O5. The van der Waals surface area contributed by atoms with Crippen LogP contribution < -0.4 is 9.47 Å². The molecule has 7 heteroatoms. The second-order valence-corrected chi connectivity index (χ2v) is 9.11. The van der Waals surface area contributed by atoms with Crippen molar-refractivity contribution in [2.24, 2.45) is 0 Å². The first-order valence-corrected chi connectivity index (χ1v) is 12.2. The number of morpholine rings is 1. The first kappa shape index (κ1) is 23.5. The Bertz CT molecular complexity index is 1220.